The topological polar surface area (TPSA) is 90.3 Å². The molecule has 8 nitrogen and oxygen atoms in total. The van der Waals surface area contributed by atoms with E-state index in [4.69, 9.17) is 9.47 Å². The first kappa shape index (κ1) is 16.8. The second kappa shape index (κ2) is 6.95. The Hall–Kier alpha value is -2.61. The van der Waals surface area contributed by atoms with Crippen molar-refractivity contribution in [3.8, 4) is 17.2 Å². The molecular formula is C18H23N5O3. The maximum Gasteiger partial charge on any atom is 0.274 e. The summed E-state index contributed by atoms with van der Waals surface area (Å²) in [4.78, 5) is 12.7. The standard InChI is InChI=1S/C18H23N5O3/c1-11-5-6-19-10-14(11)20-18(24)17-12(2)23(22-21-17)13-3-4-15-16(9-13)26-8-7-25-15/h3-4,9,11,14,19H,5-8,10H2,1-2H3,(H,20,24). The van der Waals surface area contributed by atoms with Crippen molar-refractivity contribution in [2.24, 2.45) is 5.92 Å². The number of carbonyl (C=O) groups excluding carboxylic acids is 1. The number of fused-ring (bicyclic) bond motifs is 1. The molecule has 1 fully saturated rings. The van der Waals surface area contributed by atoms with Gasteiger partial charge in [0.1, 0.15) is 13.2 Å². The second-order valence-electron chi connectivity index (χ2n) is 6.81. The quantitative estimate of drug-likeness (QED) is 0.854. The summed E-state index contributed by atoms with van der Waals surface area (Å²) in [7, 11) is 0. The van der Waals surface area contributed by atoms with E-state index in [0.29, 0.717) is 36.3 Å². The van der Waals surface area contributed by atoms with Gasteiger partial charge < -0.3 is 20.1 Å². The van der Waals surface area contributed by atoms with E-state index in [1.807, 2.05) is 25.1 Å². The van der Waals surface area contributed by atoms with Crippen LogP contribution in [-0.2, 0) is 0 Å². The van der Waals surface area contributed by atoms with Gasteiger partial charge in [-0.2, -0.15) is 0 Å². The SMILES string of the molecule is Cc1c(C(=O)NC2CNCCC2C)nnn1-c1ccc2c(c1)OCCO2. The molecule has 2 unspecified atom stereocenters. The molecule has 0 aliphatic carbocycles. The van der Waals surface area contributed by atoms with Gasteiger partial charge in [0, 0.05) is 18.7 Å². The number of aromatic nitrogens is 3. The zero-order valence-electron chi connectivity index (χ0n) is 15.0. The molecule has 1 aromatic heterocycles. The number of benzene rings is 1. The molecule has 0 spiro atoms. The van der Waals surface area contributed by atoms with Crippen molar-refractivity contribution in [2.75, 3.05) is 26.3 Å². The smallest absolute Gasteiger partial charge is 0.274 e. The van der Waals surface area contributed by atoms with Crippen molar-refractivity contribution < 1.29 is 14.3 Å². The fourth-order valence-corrected chi connectivity index (χ4v) is 3.37. The Balaban J connectivity index is 1.55. The van der Waals surface area contributed by atoms with E-state index >= 15 is 0 Å². The Labute approximate surface area is 151 Å². The molecule has 3 heterocycles. The Bertz CT molecular complexity index is 819. The average molecular weight is 357 g/mol. The molecule has 1 saturated heterocycles. The van der Waals surface area contributed by atoms with E-state index in [9.17, 15) is 4.79 Å². The molecule has 2 atom stereocenters. The minimum absolute atomic E-state index is 0.107. The summed E-state index contributed by atoms with van der Waals surface area (Å²) >= 11 is 0. The van der Waals surface area contributed by atoms with Crippen molar-refractivity contribution >= 4 is 5.91 Å². The van der Waals surface area contributed by atoms with Gasteiger partial charge >= 0.3 is 0 Å². The molecule has 4 rings (SSSR count). The van der Waals surface area contributed by atoms with Crippen molar-refractivity contribution in [3.63, 3.8) is 0 Å². The van der Waals surface area contributed by atoms with E-state index in [0.717, 1.165) is 30.9 Å². The molecule has 2 N–H and O–H groups in total. The Morgan fingerprint density at radius 1 is 1.31 bits per heavy atom. The lowest BCUT2D eigenvalue weighted by molar-refractivity contribution is 0.0909. The van der Waals surface area contributed by atoms with Crippen LogP contribution in [0.3, 0.4) is 0 Å². The fraction of sp³-hybridized carbons (Fsp3) is 0.500. The van der Waals surface area contributed by atoms with Crippen LogP contribution in [0.2, 0.25) is 0 Å². The molecule has 2 aromatic rings. The minimum Gasteiger partial charge on any atom is -0.486 e. The number of nitrogens with one attached hydrogen (secondary N) is 2. The first-order valence-corrected chi connectivity index (χ1v) is 8.97. The molecule has 0 bridgehead atoms. The Kier molecular flexibility index (Phi) is 4.50. The van der Waals surface area contributed by atoms with E-state index < -0.39 is 0 Å². The molecule has 8 heteroatoms. The van der Waals surface area contributed by atoms with Crippen LogP contribution in [0.4, 0.5) is 0 Å². The zero-order chi connectivity index (χ0) is 18.1. The third-order valence-electron chi connectivity index (χ3n) is 5.02. The highest BCUT2D eigenvalue weighted by atomic mass is 16.6. The number of piperidine rings is 1. The largest absolute Gasteiger partial charge is 0.486 e. The molecule has 138 valence electrons. The summed E-state index contributed by atoms with van der Waals surface area (Å²) in [6, 6.07) is 5.69. The lowest BCUT2D eigenvalue weighted by Gasteiger charge is -2.29. The molecule has 1 aromatic carbocycles. The van der Waals surface area contributed by atoms with Gasteiger partial charge in [-0.05, 0) is 37.9 Å². The summed E-state index contributed by atoms with van der Waals surface area (Å²) in [5.41, 5.74) is 1.82. The highest BCUT2D eigenvalue weighted by molar-refractivity contribution is 5.93. The van der Waals surface area contributed by atoms with Gasteiger partial charge in [-0.3, -0.25) is 4.79 Å². The normalized spacial score (nSPS) is 22.1. The lowest BCUT2D eigenvalue weighted by atomic mass is 9.95. The van der Waals surface area contributed by atoms with Crippen LogP contribution in [0.5, 0.6) is 11.5 Å². The molecule has 0 radical (unpaired) electrons. The molecular weight excluding hydrogens is 334 g/mol. The molecule has 2 aliphatic heterocycles. The summed E-state index contributed by atoms with van der Waals surface area (Å²) in [5.74, 6) is 1.64. The van der Waals surface area contributed by atoms with Crippen LogP contribution in [0, 0.1) is 12.8 Å². The third kappa shape index (κ3) is 3.12. The number of ether oxygens (including phenoxy) is 2. The van der Waals surface area contributed by atoms with E-state index in [2.05, 4.69) is 27.9 Å². The van der Waals surface area contributed by atoms with Gasteiger partial charge in [0.2, 0.25) is 0 Å². The molecule has 0 saturated carbocycles. The molecule has 2 aliphatic rings. The maximum absolute atomic E-state index is 12.7. The highest BCUT2D eigenvalue weighted by Gasteiger charge is 2.26. The van der Waals surface area contributed by atoms with Crippen LogP contribution >= 0.6 is 0 Å². The van der Waals surface area contributed by atoms with Crippen molar-refractivity contribution in [1.82, 2.24) is 25.6 Å². The maximum atomic E-state index is 12.7. The second-order valence-corrected chi connectivity index (χ2v) is 6.81. The minimum atomic E-state index is -0.188. The number of rotatable bonds is 3. The van der Waals surface area contributed by atoms with Crippen molar-refractivity contribution in [2.45, 2.75) is 26.3 Å². The van der Waals surface area contributed by atoms with Gasteiger partial charge in [0.25, 0.3) is 5.91 Å². The monoisotopic (exact) mass is 357 g/mol. The summed E-state index contributed by atoms with van der Waals surface area (Å²) < 4.78 is 12.8. The number of hydrogen-bond acceptors (Lipinski definition) is 6. The number of hydrogen-bond donors (Lipinski definition) is 2. The Morgan fingerprint density at radius 2 is 2.12 bits per heavy atom. The predicted octanol–water partition coefficient (Wildman–Crippen LogP) is 1.07. The van der Waals surface area contributed by atoms with Crippen LogP contribution < -0.4 is 20.1 Å². The van der Waals surface area contributed by atoms with E-state index in [1.165, 1.54) is 0 Å². The van der Waals surface area contributed by atoms with Crippen LogP contribution in [0.25, 0.3) is 5.69 Å². The van der Waals surface area contributed by atoms with Crippen molar-refractivity contribution in [1.29, 1.82) is 0 Å². The van der Waals surface area contributed by atoms with Gasteiger partial charge in [-0.15, -0.1) is 5.10 Å². The average Bonchev–Trinajstić information content (AvgIpc) is 3.05. The van der Waals surface area contributed by atoms with Gasteiger partial charge in [0.15, 0.2) is 17.2 Å². The first-order valence-electron chi connectivity index (χ1n) is 8.97. The van der Waals surface area contributed by atoms with Crippen LogP contribution in [0.15, 0.2) is 18.2 Å². The van der Waals surface area contributed by atoms with Crippen molar-refractivity contribution in [3.05, 3.63) is 29.6 Å². The zero-order valence-corrected chi connectivity index (χ0v) is 15.0. The van der Waals surface area contributed by atoms with Gasteiger partial charge in [0.05, 0.1) is 11.4 Å². The number of amides is 1. The Morgan fingerprint density at radius 3 is 2.92 bits per heavy atom. The van der Waals surface area contributed by atoms with Gasteiger partial charge in [-0.25, -0.2) is 4.68 Å². The fourth-order valence-electron chi connectivity index (χ4n) is 3.37. The lowest BCUT2D eigenvalue weighted by Crippen LogP contribution is -2.50. The summed E-state index contributed by atoms with van der Waals surface area (Å²) in [5, 5.41) is 14.7. The van der Waals surface area contributed by atoms with Gasteiger partial charge in [-0.1, -0.05) is 12.1 Å². The van der Waals surface area contributed by atoms with E-state index in [-0.39, 0.29) is 11.9 Å². The van der Waals surface area contributed by atoms with E-state index in [1.54, 1.807) is 4.68 Å². The molecule has 26 heavy (non-hydrogen) atoms. The van der Waals surface area contributed by atoms with Crippen LogP contribution in [-0.4, -0.2) is 53.2 Å². The number of carbonyl (C=O) groups is 1. The number of nitrogens with zero attached hydrogens (tertiary/aromatic N) is 3. The summed E-state index contributed by atoms with van der Waals surface area (Å²) in [6.45, 7) is 6.84. The first-order chi connectivity index (χ1) is 12.6. The molecule has 1 amide bonds. The third-order valence-corrected chi connectivity index (χ3v) is 5.02. The predicted molar refractivity (Wildman–Crippen MR) is 95.0 cm³/mol. The highest BCUT2D eigenvalue weighted by Crippen LogP contribution is 2.32. The van der Waals surface area contributed by atoms with Crippen LogP contribution in [0.1, 0.15) is 29.5 Å². The summed E-state index contributed by atoms with van der Waals surface area (Å²) in [6.07, 6.45) is 1.05.